The molecule has 1 aliphatic heterocycles. The predicted molar refractivity (Wildman–Crippen MR) is 73.8 cm³/mol. The van der Waals surface area contributed by atoms with E-state index >= 15 is 0 Å². The number of rotatable bonds is 3. The second kappa shape index (κ2) is 5.24. The summed E-state index contributed by atoms with van der Waals surface area (Å²) in [4.78, 5) is 6.80. The molecule has 4 nitrogen and oxygen atoms in total. The second-order valence-corrected chi connectivity index (χ2v) is 5.41. The Balaban J connectivity index is 2.19. The van der Waals surface area contributed by atoms with Gasteiger partial charge in [-0.2, -0.15) is 0 Å². The molecule has 2 N–H and O–H groups in total. The highest BCUT2D eigenvalue weighted by atomic mass is 16.3. The average Bonchev–Trinajstić information content (AvgIpc) is 2.38. The van der Waals surface area contributed by atoms with Crippen molar-refractivity contribution in [3.05, 3.63) is 23.9 Å². The number of hydrogen-bond donors (Lipinski definition) is 2. The van der Waals surface area contributed by atoms with Crippen LogP contribution >= 0.6 is 0 Å². The summed E-state index contributed by atoms with van der Waals surface area (Å²) in [6.07, 6.45) is 3.45. The molecule has 1 atom stereocenters. The van der Waals surface area contributed by atoms with E-state index in [-0.39, 0.29) is 6.04 Å². The van der Waals surface area contributed by atoms with Crippen LogP contribution in [0.1, 0.15) is 38.3 Å². The zero-order valence-electron chi connectivity index (χ0n) is 11.5. The standard InChI is InChI=1S/C14H23N3O/c1-11(15-3)12-5-4-8-16-13(12)17-9-6-14(2,18)7-10-17/h4-5,8,11,15,18H,6-7,9-10H2,1-3H3. The van der Waals surface area contributed by atoms with Crippen molar-refractivity contribution in [3.63, 3.8) is 0 Å². The largest absolute Gasteiger partial charge is 0.390 e. The van der Waals surface area contributed by atoms with Crippen LogP contribution in [0, 0.1) is 0 Å². The van der Waals surface area contributed by atoms with Gasteiger partial charge in [0.1, 0.15) is 5.82 Å². The van der Waals surface area contributed by atoms with E-state index in [4.69, 9.17) is 0 Å². The topological polar surface area (TPSA) is 48.4 Å². The molecule has 0 spiro atoms. The van der Waals surface area contributed by atoms with Crippen molar-refractivity contribution in [2.75, 3.05) is 25.0 Å². The molecule has 1 aromatic rings. The van der Waals surface area contributed by atoms with Gasteiger partial charge in [-0.3, -0.25) is 0 Å². The van der Waals surface area contributed by atoms with Gasteiger partial charge in [-0.1, -0.05) is 6.07 Å². The van der Waals surface area contributed by atoms with Gasteiger partial charge in [0.05, 0.1) is 5.60 Å². The number of nitrogens with one attached hydrogen (secondary N) is 1. The van der Waals surface area contributed by atoms with Gasteiger partial charge in [0.2, 0.25) is 0 Å². The smallest absolute Gasteiger partial charge is 0.133 e. The van der Waals surface area contributed by atoms with E-state index in [1.54, 1.807) is 0 Å². The fourth-order valence-corrected chi connectivity index (χ4v) is 2.37. The summed E-state index contributed by atoms with van der Waals surface area (Å²) in [5.74, 6) is 1.05. The minimum absolute atomic E-state index is 0.288. The monoisotopic (exact) mass is 249 g/mol. The average molecular weight is 249 g/mol. The molecule has 1 aromatic heterocycles. The molecule has 0 amide bonds. The highest BCUT2D eigenvalue weighted by Gasteiger charge is 2.29. The van der Waals surface area contributed by atoms with Crippen molar-refractivity contribution in [1.29, 1.82) is 0 Å². The SMILES string of the molecule is CNC(C)c1cccnc1N1CCC(C)(O)CC1. The third kappa shape index (κ3) is 2.82. The Morgan fingerprint density at radius 2 is 2.11 bits per heavy atom. The molecule has 0 aromatic carbocycles. The molecule has 2 heterocycles. The Hall–Kier alpha value is -1.13. The van der Waals surface area contributed by atoms with Gasteiger partial charge in [-0.15, -0.1) is 0 Å². The molecule has 100 valence electrons. The number of aromatic nitrogens is 1. The summed E-state index contributed by atoms with van der Waals surface area (Å²) in [6, 6.07) is 4.39. The Kier molecular flexibility index (Phi) is 3.88. The number of hydrogen-bond acceptors (Lipinski definition) is 4. The Labute approximate surface area is 109 Å². The van der Waals surface area contributed by atoms with Crippen molar-refractivity contribution in [2.45, 2.75) is 38.3 Å². The maximum atomic E-state index is 10.0. The summed E-state index contributed by atoms with van der Waals surface area (Å²) >= 11 is 0. The molecule has 4 heteroatoms. The predicted octanol–water partition coefficient (Wildman–Crippen LogP) is 1.71. The van der Waals surface area contributed by atoms with Crippen LogP contribution in [0.2, 0.25) is 0 Å². The zero-order chi connectivity index (χ0) is 13.2. The number of aliphatic hydroxyl groups is 1. The molecule has 2 rings (SSSR count). The van der Waals surface area contributed by atoms with Crippen molar-refractivity contribution < 1.29 is 5.11 Å². The molecule has 1 unspecified atom stereocenters. The van der Waals surface area contributed by atoms with Gasteiger partial charge in [0.15, 0.2) is 0 Å². The first-order chi connectivity index (χ1) is 8.53. The first-order valence-corrected chi connectivity index (χ1v) is 6.63. The van der Waals surface area contributed by atoms with E-state index in [0.29, 0.717) is 0 Å². The van der Waals surface area contributed by atoms with Gasteiger partial charge in [0.25, 0.3) is 0 Å². The van der Waals surface area contributed by atoms with E-state index in [2.05, 4.69) is 28.2 Å². The molecular formula is C14H23N3O. The van der Waals surface area contributed by atoms with E-state index in [9.17, 15) is 5.11 Å². The molecule has 0 bridgehead atoms. The summed E-state index contributed by atoms with van der Waals surface area (Å²) < 4.78 is 0. The van der Waals surface area contributed by atoms with Crippen LogP contribution in [-0.2, 0) is 0 Å². The van der Waals surface area contributed by atoms with Crippen LogP contribution in [0.3, 0.4) is 0 Å². The van der Waals surface area contributed by atoms with Crippen LogP contribution in [-0.4, -0.2) is 35.8 Å². The van der Waals surface area contributed by atoms with Crippen molar-refractivity contribution in [2.24, 2.45) is 0 Å². The van der Waals surface area contributed by atoms with Crippen molar-refractivity contribution in [3.8, 4) is 0 Å². The van der Waals surface area contributed by atoms with Crippen LogP contribution in [0.15, 0.2) is 18.3 Å². The third-order valence-corrected chi connectivity index (χ3v) is 3.86. The van der Waals surface area contributed by atoms with Crippen LogP contribution < -0.4 is 10.2 Å². The van der Waals surface area contributed by atoms with Crippen molar-refractivity contribution >= 4 is 5.82 Å². The lowest BCUT2D eigenvalue weighted by molar-refractivity contribution is 0.0350. The van der Waals surface area contributed by atoms with E-state index in [1.165, 1.54) is 5.56 Å². The van der Waals surface area contributed by atoms with E-state index in [1.807, 2.05) is 26.2 Å². The van der Waals surface area contributed by atoms with Crippen LogP contribution in [0.4, 0.5) is 5.82 Å². The fraction of sp³-hybridized carbons (Fsp3) is 0.643. The zero-order valence-corrected chi connectivity index (χ0v) is 11.5. The number of nitrogens with zero attached hydrogens (tertiary/aromatic N) is 2. The van der Waals surface area contributed by atoms with Gasteiger partial charge in [0, 0.05) is 30.9 Å². The quantitative estimate of drug-likeness (QED) is 0.856. The van der Waals surface area contributed by atoms with Gasteiger partial charge >= 0.3 is 0 Å². The van der Waals surface area contributed by atoms with Gasteiger partial charge in [-0.05, 0) is 39.8 Å². The minimum Gasteiger partial charge on any atom is -0.390 e. The number of anilines is 1. The molecule has 18 heavy (non-hydrogen) atoms. The molecule has 1 saturated heterocycles. The summed E-state index contributed by atoms with van der Waals surface area (Å²) in [5.41, 5.74) is 0.710. The lowest BCUT2D eigenvalue weighted by atomic mass is 9.93. The lowest BCUT2D eigenvalue weighted by Gasteiger charge is -2.37. The lowest BCUT2D eigenvalue weighted by Crippen LogP contribution is -2.43. The summed E-state index contributed by atoms with van der Waals surface area (Å²) in [6.45, 7) is 5.79. The second-order valence-electron chi connectivity index (χ2n) is 5.41. The van der Waals surface area contributed by atoms with Crippen molar-refractivity contribution in [1.82, 2.24) is 10.3 Å². The first kappa shape index (κ1) is 13.3. The minimum atomic E-state index is -0.514. The molecule has 0 radical (unpaired) electrons. The Bertz CT molecular complexity index is 396. The molecule has 0 aliphatic carbocycles. The summed E-state index contributed by atoms with van der Waals surface area (Å²) in [7, 11) is 1.96. The normalized spacial score (nSPS) is 20.8. The highest BCUT2D eigenvalue weighted by Crippen LogP contribution is 2.29. The first-order valence-electron chi connectivity index (χ1n) is 6.63. The fourth-order valence-electron chi connectivity index (χ4n) is 2.37. The van der Waals surface area contributed by atoms with E-state index in [0.717, 1.165) is 31.7 Å². The Morgan fingerprint density at radius 1 is 1.44 bits per heavy atom. The molecule has 1 fully saturated rings. The van der Waals surface area contributed by atoms with E-state index < -0.39 is 5.60 Å². The number of piperidine rings is 1. The third-order valence-electron chi connectivity index (χ3n) is 3.86. The summed E-state index contributed by atoms with van der Waals surface area (Å²) in [5, 5.41) is 13.3. The molecule has 1 aliphatic rings. The maximum absolute atomic E-state index is 10.0. The highest BCUT2D eigenvalue weighted by molar-refractivity contribution is 5.48. The molecular weight excluding hydrogens is 226 g/mol. The molecule has 0 saturated carbocycles. The number of pyridine rings is 1. The van der Waals surface area contributed by atoms with Crippen LogP contribution in [0.25, 0.3) is 0 Å². The maximum Gasteiger partial charge on any atom is 0.133 e. The van der Waals surface area contributed by atoms with Crippen LogP contribution in [0.5, 0.6) is 0 Å². The van der Waals surface area contributed by atoms with Gasteiger partial charge in [-0.25, -0.2) is 4.98 Å². The Morgan fingerprint density at radius 3 is 2.72 bits per heavy atom. The van der Waals surface area contributed by atoms with Gasteiger partial charge < -0.3 is 15.3 Å².